The Labute approximate surface area is 140 Å². The van der Waals surface area contributed by atoms with Gasteiger partial charge in [-0.1, -0.05) is 48.5 Å². The number of aliphatic hydroxyl groups is 1. The lowest BCUT2D eigenvalue weighted by Gasteiger charge is -2.17. The van der Waals surface area contributed by atoms with Gasteiger partial charge in [-0.25, -0.2) is 0 Å². The molecule has 3 atom stereocenters. The molecule has 2 aromatic rings. The molecule has 0 radical (unpaired) electrons. The van der Waals surface area contributed by atoms with Gasteiger partial charge in [-0.3, -0.25) is 10.1 Å². The summed E-state index contributed by atoms with van der Waals surface area (Å²) in [6.45, 7) is 2.75. The lowest BCUT2D eigenvalue weighted by Crippen LogP contribution is -2.40. The highest BCUT2D eigenvalue weighted by molar-refractivity contribution is 5.75. The number of carboxylic acid groups (broad SMARTS) is 1. The first-order valence-electron chi connectivity index (χ1n) is 7.97. The van der Waals surface area contributed by atoms with Crippen LogP contribution in [-0.2, 0) is 16.1 Å². The minimum atomic E-state index is -1.06. The topological polar surface area (TPSA) is 78.8 Å². The van der Waals surface area contributed by atoms with Crippen LogP contribution in [0, 0.1) is 6.92 Å². The Balaban J connectivity index is 1.61. The van der Waals surface area contributed by atoms with Gasteiger partial charge in [-0.2, -0.15) is 0 Å². The predicted molar refractivity (Wildman–Crippen MR) is 90.6 cm³/mol. The highest BCUT2D eigenvalue weighted by atomic mass is 16.5. The van der Waals surface area contributed by atoms with Crippen LogP contribution in [0.5, 0.6) is 0 Å². The van der Waals surface area contributed by atoms with Crippen LogP contribution >= 0.6 is 0 Å². The Hall–Kier alpha value is -2.21. The van der Waals surface area contributed by atoms with Crippen molar-refractivity contribution in [3.05, 3.63) is 59.7 Å². The van der Waals surface area contributed by atoms with Gasteiger partial charge >= 0.3 is 5.97 Å². The van der Waals surface area contributed by atoms with Gasteiger partial charge in [0.2, 0.25) is 0 Å². The standard InChI is InChI=1S/C19H21NO4/c1-12-4-2-3-5-15(12)14-8-6-13(7-9-14)11-24-16-10-20-17(18(16)21)19(22)23/h2-9,16-18,20-21H,10-11H2,1H3,(H,22,23)/t16-,17+,18+/m0/s1. The zero-order chi connectivity index (χ0) is 17.1. The quantitative estimate of drug-likeness (QED) is 0.782. The minimum absolute atomic E-state index is 0.333. The second kappa shape index (κ2) is 7.13. The van der Waals surface area contributed by atoms with E-state index in [4.69, 9.17) is 9.84 Å². The molecule has 1 aliphatic heterocycles. The van der Waals surface area contributed by atoms with Crippen LogP contribution in [-0.4, -0.2) is 41.0 Å². The number of hydrogen-bond donors (Lipinski definition) is 3. The summed E-state index contributed by atoms with van der Waals surface area (Å²) >= 11 is 0. The number of nitrogens with one attached hydrogen (secondary N) is 1. The number of carbonyl (C=O) groups is 1. The van der Waals surface area contributed by atoms with Crippen molar-refractivity contribution in [2.24, 2.45) is 0 Å². The summed E-state index contributed by atoms with van der Waals surface area (Å²) in [7, 11) is 0. The van der Waals surface area contributed by atoms with Crippen LogP contribution in [0.3, 0.4) is 0 Å². The van der Waals surface area contributed by atoms with Gasteiger partial charge in [0.15, 0.2) is 0 Å². The lowest BCUT2D eigenvalue weighted by molar-refractivity contribution is -0.142. The van der Waals surface area contributed by atoms with Gasteiger partial charge in [-0.15, -0.1) is 0 Å². The van der Waals surface area contributed by atoms with Gasteiger partial charge in [0.1, 0.15) is 12.1 Å². The van der Waals surface area contributed by atoms with E-state index >= 15 is 0 Å². The van der Waals surface area contributed by atoms with Gasteiger partial charge in [0.05, 0.1) is 12.7 Å². The van der Waals surface area contributed by atoms with Gasteiger partial charge in [0, 0.05) is 6.54 Å². The number of carboxylic acids is 1. The number of benzene rings is 2. The third-order valence-electron chi connectivity index (χ3n) is 4.40. The van der Waals surface area contributed by atoms with E-state index in [0.29, 0.717) is 13.2 Å². The first-order chi connectivity index (χ1) is 11.6. The van der Waals surface area contributed by atoms with Crippen molar-refractivity contribution in [3.8, 4) is 11.1 Å². The molecule has 2 aromatic carbocycles. The van der Waals surface area contributed by atoms with Crippen LogP contribution < -0.4 is 5.32 Å². The summed E-state index contributed by atoms with van der Waals surface area (Å²) in [4.78, 5) is 11.0. The molecule has 24 heavy (non-hydrogen) atoms. The second-order valence-electron chi connectivity index (χ2n) is 6.08. The molecule has 0 aliphatic carbocycles. The smallest absolute Gasteiger partial charge is 0.323 e. The number of ether oxygens (including phenoxy) is 1. The largest absolute Gasteiger partial charge is 0.480 e. The lowest BCUT2D eigenvalue weighted by atomic mass is 10.00. The SMILES string of the molecule is Cc1ccccc1-c1ccc(CO[C@H]2CN[C@@H](C(=O)O)[C@@H]2O)cc1. The summed E-state index contributed by atoms with van der Waals surface area (Å²) < 4.78 is 5.68. The average Bonchev–Trinajstić information content (AvgIpc) is 2.95. The first-order valence-corrected chi connectivity index (χ1v) is 7.97. The molecule has 5 heteroatoms. The monoisotopic (exact) mass is 327 g/mol. The Morgan fingerprint density at radius 2 is 1.92 bits per heavy atom. The zero-order valence-electron chi connectivity index (χ0n) is 13.5. The van der Waals surface area contributed by atoms with Crippen LogP contribution in [0.1, 0.15) is 11.1 Å². The second-order valence-corrected chi connectivity index (χ2v) is 6.08. The molecule has 0 spiro atoms. The molecule has 1 fully saturated rings. The maximum absolute atomic E-state index is 11.0. The predicted octanol–water partition coefficient (Wildman–Crippen LogP) is 1.96. The Morgan fingerprint density at radius 1 is 1.21 bits per heavy atom. The van der Waals surface area contributed by atoms with Crippen molar-refractivity contribution in [1.29, 1.82) is 0 Å². The van der Waals surface area contributed by atoms with E-state index in [9.17, 15) is 9.90 Å². The van der Waals surface area contributed by atoms with Crippen LogP contribution in [0.4, 0.5) is 0 Å². The fraction of sp³-hybridized carbons (Fsp3) is 0.316. The van der Waals surface area contributed by atoms with Gasteiger partial charge in [-0.05, 0) is 29.2 Å². The maximum atomic E-state index is 11.0. The highest BCUT2D eigenvalue weighted by Crippen LogP contribution is 2.24. The molecule has 5 nitrogen and oxygen atoms in total. The molecule has 0 unspecified atom stereocenters. The fourth-order valence-corrected chi connectivity index (χ4v) is 2.97. The van der Waals surface area contributed by atoms with Crippen molar-refractivity contribution >= 4 is 5.97 Å². The summed E-state index contributed by atoms with van der Waals surface area (Å²) in [6.07, 6.45) is -1.55. The summed E-state index contributed by atoms with van der Waals surface area (Å²) in [5, 5.41) is 21.7. The first kappa shape index (κ1) is 16.6. The van der Waals surface area contributed by atoms with Gasteiger partial charge in [0.25, 0.3) is 0 Å². The van der Waals surface area contributed by atoms with Crippen LogP contribution in [0.2, 0.25) is 0 Å². The fourth-order valence-electron chi connectivity index (χ4n) is 2.97. The van der Waals surface area contributed by atoms with Crippen LogP contribution in [0.25, 0.3) is 11.1 Å². The van der Waals surface area contributed by atoms with E-state index < -0.39 is 24.2 Å². The Morgan fingerprint density at radius 3 is 2.54 bits per heavy atom. The third-order valence-corrected chi connectivity index (χ3v) is 4.40. The molecule has 0 aromatic heterocycles. The van der Waals surface area contributed by atoms with Crippen molar-refractivity contribution in [2.45, 2.75) is 31.8 Å². The summed E-state index contributed by atoms with van der Waals surface area (Å²) in [6, 6.07) is 15.3. The van der Waals surface area contributed by atoms with Crippen molar-refractivity contribution in [1.82, 2.24) is 5.32 Å². The van der Waals surface area contributed by atoms with E-state index in [1.165, 1.54) is 11.1 Å². The third kappa shape index (κ3) is 3.48. The molecular weight excluding hydrogens is 306 g/mol. The van der Waals surface area contributed by atoms with Gasteiger partial charge < -0.3 is 14.9 Å². The highest BCUT2D eigenvalue weighted by Gasteiger charge is 2.39. The number of rotatable bonds is 5. The van der Waals surface area contributed by atoms with E-state index in [1.807, 2.05) is 36.4 Å². The number of aryl methyl sites for hydroxylation is 1. The van der Waals surface area contributed by atoms with E-state index in [2.05, 4.69) is 24.4 Å². The van der Waals surface area contributed by atoms with E-state index in [-0.39, 0.29) is 0 Å². The van der Waals surface area contributed by atoms with E-state index in [1.54, 1.807) is 0 Å². The molecule has 126 valence electrons. The molecule has 1 heterocycles. The minimum Gasteiger partial charge on any atom is -0.480 e. The molecule has 1 aliphatic rings. The Bertz CT molecular complexity index is 714. The molecule has 0 saturated carbocycles. The molecule has 0 amide bonds. The zero-order valence-corrected chi connectivity index (χ0v) is 13.5. The van der Waals surface area contributed by atoms with Crippen molar-refractivity contribution in [3.63, 3.8) is 0 Å². The molecule has 3 rings (SSSR count). The van der Waals surface area contributed by atoms with E-state index in [0.717, 1.165) is 11.1 Å². The van der Waals surface area contributed by atoms with Crippen molar-refractivity contribution < 1.29 is 19.7 Å². The number of aliphatic carboxylic acids is 1. The summed E-state index contributed by atoms with van der Waals surface area (Å²) in [5.74, 6) is -1.06. The average molecular weight is 327 g/mol. The Kier molecular flexibility index (Phi) is 4.94. The molecular formula is C19H21NO4. The van der Waals surface area contributed by atoms with Crippen molar-refractivity contribution in [2.75, 3.05) is 6.54 Å². The summed E-state index contributed by atoms with van der Waals surface area (Å²) in [5.41, 5.74) is 4.55. The van der Waals surface area contributed by atoms with Crippen LogP contribution in [0.15, 0.2) is 48.5 Å². The number of aliphatic hydroxyl groups excluding tert-OH is 1. The number of hydrogen-bond acceptors (Lipinski definition) is 4. The maximum Gasteiger partial charge on any atom is 0.323 e. The molecule has 3 N–H and O–H groups in total. The molecule has 0 bridgehead atoms. The molecule has 1 saturated heterocycles. The normalized spacial score (nSPS) is 23.3.